The largest absolute Gasteiger partial charge is 0.383 e. The maximum absolute atomic E-state index is 12.9. The number of aromatic nitrogens is 2. The van der Waals surface area contributed by atoms with Crippen molar-refractivity contribution in [2.45, 2.75) is 53.1 Å². The second kappa shape index (κ2) is 10.1. The Morgan fingerprint density at radius 3 is 2.74 bits per heavy atom. The number of hydrogen-bond acceptors (Lipinski definition) is 4. The number of likely N-dealkylation sites (tertiary alicyclic amines) is 1. The van der Waals surface area contributed by atoms with Gasteiger partial charge in [-0.2, -0.15) is 5.10 Å². The van der Waals surface area contributed by atoms with Crippen LogP contribution in [-0.2, 0) is 18.3 Å². The van der Waals surface area contributed by atoms with E-state index in [-0.39, 0.29) is 6.03 Å². The molecule has 0 spiro atoms. The van der Waals surface area contributed by atoms with Crippen molar-refractivity contribution < 1.29 is 9.53 Å². The number of aryl methyl sites for hydroxylation is 2. The molecular formula is C20H37N5O2. The Morgan fingerprint density at radius 1 is 1.41 bits per heavy atom. The van der Waals surface area contributed by atoms with Gasteiger partial charge in [0.15, 0.2) is 0 Å². The molecule has 2 amide bonds. The first kappa shape index (κ1) is 21.7. The summed E-state index contributed by atoms with van der Waals surface area (Å²) in [4.78, 5) is 17.2. The van der Waals surface area contributed by atoms with E-state index in [1.54, 1.807) is 7.11 Å². The maximum atomic E-state index is 12.9. The number of nitrogens with zero attached hydrogens (tertiary/aromatic N) is 4. The van der Waals surface area contributed by atoms with E-state index < -0.39 is 0 Å². The molecule has 0 radical (unpaired) electrons. The van der Waals surface area contributed by atoms with Crippen LogP contribution in [0.1, 0.15) is 43.6 Å². The van der Waals surface area contributed by atoms with Crippen molar-refractivity contribution in [2.24, 2.45) is 13.0 Å². The van der Waals surface area contributed by atoms with Gasteiger partial charge in [-0.3, -0.25) is 4.68 Å². The molecule has 1 aromatic heterocycles. The second-order valence-electron chi connectivity index (χ2n) is 7.97. The van der Waals surface area contributed by atoms with Crippen LogP contribution in [0.3, 0.4) is 0 Å². The Kier molecular flexibility index (Phi) is 8.10. The Hall–Kier alpha value is -1.60. The summed E-state index contributed by atoms with van der Waals surface area (Å²) in [7, 11) is 3.61. The van der Waals surface area contributed by atoms with Crippen LogP contribution in [0.5, 0.6) is 0 Å². The van der Waals surface area contributed by atoms with Gasteiger partial charge in [-0.25, -0.2) is 4.79 Å². The van der Waals surface area contributed by atoms with Crippen LogP contribution in [0, 0.1) is 19.8 Å². The van der Waals surface area contributed by atoms with Gasteiger partial charge in [-0.05, 0) is 53.0 Å². The molecule has 2 rings (SSSR count). The molecule has 1 aliphatic heterocycles. The number of methoxy groups -OCH3 is 1. The van der Waals surface area contributed by atoms with Gasteiger partial charge in [-0.15, -0.1) is 0 Å². The molecule has 27 heavy (non-hydrogen) atoms. The monoisotopic (exact) mass is 379 g/mol. The van der Waals surface area contributed by atoms with Crippen LogP contribution in [0.15, 0.2) is 0 Å². The van der Waals surface area contributed by atoms with Gasteiger partial charge in [0, 0.05) is 51.1 Å². The van der Waals surface area contributed by atoms with Gasteiger partial charge in [0.1, 0.15) is 0 Å². The average Bonchev–Trinajstić information content (AvgIpc) is 2.89. The van der Waals surface area contributed by atoms with Gasteiger partial charge in [0.05, 0.1) is 18.8 Å². The molecule has 1 aliphatic rings. The molecule has 1 N–H and O–H groups in total. The topological polar surface area (TPSA) is 62.6 Å². The molecule has 0 aliphatic carbocycles. The predicted octanol–water partition coefficient (Wildman–Crippen LogP) is 2.32. The van der Waals surface area contributed by atoms with Crippen molar-refractivity contribution in [3.63, 3.8) is 0 Å². The minimum Gasteiger partial charge on any atom is -0.383 e. The lowest BCUT2D eigenvalue weighted by atomic mass is 9.97. The third kappa shape index (κ3) is 5.94. The average molecular weight is 380 g/mol. The summed E-state index contributed by atoms with van der Waals surface area (Å²) in [6.45, 7) is 13.1. The summed E-state index contributed by atoms with van der Waals surface area (Å²) in [6.07, 6.45) is 2.39. The van der Waals surface area contributed by atoms with E-state index in [9.17, 15) is 4.79 Å². The van der Waals surface area contributed by atoms with E-state index in [4.69, 9.17) is 4.74 Å². The fourth-order valence-electron chi connectivity index (χ4n) is 3.77. The highest BCUT2D eigenvalue weighted by Gasteiger charge is 2.23. The number of carbonyl (C=O) groups excluding carboxylic acids is 1. The highest BCUT2D eigenvalue weighted by molar-refractivity contribution is 5.74. The number of carbonyl (C=O) groups is 1. The first-order chi connectivity index (χ1) is 12.8. The lowest BCUT2D eigenvalue weighted by molar-refractivity contribution is 0.130. The summed E-state index contributed by atoms with van der Waals surface area (Å²) in [5.41, 5.74) is 3.19. The number of hydrogen-bond donors (Lipinski definition) is 1. The number of piperidine rings is 1. The first-order valence-corrected chi connectivity index (χ1v) is 10.1. The zero-order valence-corrected chi connectivity index (χ0v) is 17.9. The Balaban J connectivity index is 1.95. The molecule has 7 nitrogen and oxygen atoms in total. The van der Waals surface area contributed by atoms with Crippen molar-refractivity contribution in [3.05, 3.63) is 17.0 Å². The fraction of sp³-hybridized carbons (Fsp3) is 0.800. The van der Waals surface area contributed by atoms with Crippen molar-refractivity contribution >= 4 is 6.03 Å². The zero-order chi connectivity index (χ0) is 20.0. The van der Waals surface area contributed by atoms with Gasteiger partial charge < -0.3 is 19.9 Å². The van der Waals surface area contributed by atoms with E-state index in [1.165, 1.54) is 19.4 Å². The van der Waals surface area contributed by atoms with Crippen LogP contribution in [0.2, 0.25) is 0 Å². The molecule has 0 bridgehead atoms. The van der Waals surface area contributed by atoms with Gasteiger partial charge in [0.25, 0.3) is 0 Å². The minimum atomic E-state index is -0.0172. The Morgan fingerprint density at radius 2 is 2.15 bits per heavy atom. The van der Waals surface area contributed by atoms with Gasteiger partial charge in [-0.1, -0.05) is 0 Å². The fourth-order valence-corrected chi connectivity index (χ4v) is 3.77. The Labute approximate surface area is 164 Å². The molecule has 154 valence electrons. The third-order valence-electron chi connectivity index (χ3n) is 5.68. The minimum absolute atomic E-state index is 0.0172. The number of urea groups is 1. The smallest absolute Gasteiger partial charge is 0.317 e. The number of rotatable bonds is 8. The molecule has 1 aromatic rings. The molecule has 2 heterocycles. The summed E-state index contributed by atoms with van der Waals surface area (Å²) < 4.78 is 7.09. The normalized spacial score (nSPS) is 18.1. The van der Waals surface area contributed by atoms with E-state index in [0.717, 1.165) is 30.0 Å². The van der Waals surface area contributed by atoms with E-state index >= 15 is 0 Å². The van der Waals surface area contributed by atoms with Gasteiger partial charge >= 0.3 is 6.03 Å². The summed E-state index contributed by atoms with van der Waals surface area (Å²) in [5, 5.41) is 7.63. The highest BCUT2D eigenvalue weighted by Crippen LogP contribution is 2.18. The molecule has 0 saturated carbocycles. The van der Waals surface area contributed by atoms with E-state index in [2.05, 4.69) is 29.2 Å². The molecule has 0 aromatic carbocycles. The highest BCUT2D eigenvalue weighted by atomic mass is 16.5. The number of nitrogens with one attached hydrogen (secondary N) is 1. The first-order valence-electron chi connectivity index (χ1n) is 10.1. The third-order valence-corrected chi connectivity index (χ3v) is 5.68. The molecule has 0 unspecified atom stereocenters. The Bertz CT molecular complexity index is 614. The SMILES string of the molecule is COCCN(Cc1c(C)nn(C)c1C)C(=O)NC[C@@H]1CCCN(C(C)C)C1. The molecule has 1 atom stereocenters. The van der Waals surface area contributed by atoms with Crippen molar-refractivity contribution in [1.29, 1.82) is 0 Å². The molecule has 1 fully saturated rings. The maximum Gasteiger partial charge on any atom is 0.317 e. The van der Waals surface area contributed by atoms with Gasteiger partial charge in [0.2, 0.25) is 0 Å². The lowest BCUT2D eigenvalue weighted by Crippen LogP contribution is -2.47. The quantitative estimate of drug-likeness (QED) is 0.753. The summed E-state index contributed by atoms with van der Waals surface area (Å²) in [6, 6.07) is 0.551. The van der Waals surface area contributed by atoms with Crippen molar-refractivity contribution in [3.8, 4) is 0 Å². The van der Waals surface area contributed by atoms with E-state index in [0.29, 0.717) is 31.7 Å². The van der Waals surface area contributed by atoms with Crippen LogP contribution >= 0.6 is 0 Å². The van der Waals surface area contributed by atoms with Crippen LogP contribution in [-0.4, -0.2) is 71.5 Å². The van der Waals surface area contributed by atoms with Crippen LogP contribution in [0.25, 0.3) is 0 Å². The van der Waals surface area contributed by atoms with Crippen LogP contribution in [0.4, 0.5) is 4.79 Å². The molecular weight excluding hydrogens is 342 g/mol. The predicted molar refractivity (Wildman–Crippen MR) is 108 cm³/mol. The summed E-state index contributed by atoms with van der Waals surface area (Å²) in [5.74, 6) is 0.524. The molecule has 7 heteroatoms. The standard InChI is InChI=1S/C20H37N5O2/c1-15(2)24-9-7-8-18(13-24)12-21-20(26)25(10-11-27-6)14-19-16(3)22-23(5)17(19)4/h15,18H,7-14H2,1-6H3,(H,21,26)/t18-/m0/s1. The van der Waals surface area contributed by atoms with Crippen molar-refractivity contribution in [2.75, 3.05) is 39.9 Å². The second-order valence-corrected chi connectivity index (χ2v) is 7.97. The van der Waals surface area contributed by atoms with E-state index in [1.807, 2.05) is 30.5 Å². The zero-order valence-electron chi connectivity index (χ0n) is 17.9. The number of amides is 2. The van der Waals surface area contributed by atoms with Crippen molar-refractivity contribution in [1.82, 2.24) is 24.9 Å². The summed E-state index contributed by atoms with van der Waals surface area (Å²) >= 11 is 0. The van der Waals surface area contributed by atoms with Crippen LogP contribution < -0.4 is 5.32 Å². The molecule has 1 saturated heterocycles. The number of ether oxygens (including phenoxy) is 1. The lowest BCUT2D eigenvalue weighted by Gasteiger charge is -2.35.